The van der Waals surface area contributed by atoms with Crippen LogP contribution in [0.15, 0.2) is 24.3 Å². The average molecular weight is 300 g/mol. The summed E-state index contributed by atoms with van der Waals surface area (Å²) < 4.78 is 5.77. The quantitative estimate of drug-likeness (QED) is 0.806. The maximum absolute atomic E-state index is 12.5. The van der Waals surface area contributed by atoms with Gasteiger partial charge >= 0.3 is 0 Å². The summed E-state index contributed by atoms with van der Waals surface area (Å²) in [6.07, 6.45) is 4.21. The highest BCUT2D eigenvalue weighted by Crippen LogP contribution is 2.24. The van der Waals surface area contributed by atoms with Crippen molar-refractivity contribution in [2.45, 2.75) is 58.2 Å². The summed E-state index contributed by atoms with van der Waals surface area (Å²) in [5, 5.41) is 8.81. The molecule has 0 aromatic heterocycles. The normalized spacial score (nSPS) is 20.6. The highest BCUT2D eigenvalue weighted by Gasteiger charge is 2.24. The van der Waals surface area contributed by atoms with Crippen LogP contribution < -0.4 is 4.90 Å². The van der Waals surface area contributed by atoms with Gasteiger partial charge in [0.15, 0.2) is 0 Å². The van der Waals surface area contributed by atoms with E-state index >= 15 is 0 Å². The Morgan fingerprint density at radius 3 is 2.68 bits per heavy atom. The second-order valence-electron chi connectivity index (χ2n) is 5.97. The number of carbonyl (C=O) groups is 1. The van der Waals surface area contributed by atoms with Crippen LogP contribution in [-0.4, -0.2) is 24.7 Å². The lowest BCUT2D eigenvalue weighted by atomic mass is 10.1. The molecule has 1 aromatic rings. The van der Waals surface area contributed by atoms with Gasteiger partial charge in [0, 0.05) is 18.7 Å². The molecule has 0 unspecified atom stereocenters. The third-order valence-corrected chi connectivity index (χ3v) is 4.09. The molecule has 0 radical (unpaired) electrons. The first-order valence-corrected chi connectivity index (χ1v) is 7.99. The predicted octanol–water partition coefficient (Wildman–Crippen LogP) is 3.59. The fraction of sp³-hybridized carbons (Fsp3) is 0.556. The largest absolute Gasteiger partial charge is 0.375 e. The van der Waals surface area contributed by atoms with E-state index in [1.807, 2.05) is 31.2 Å². The van der Waals surface area contributed by atoms with E-state index in [1.54, 1.807) is 4.90 Å². The van der Waals surface area contributed by atoms with Crippen molar-refractivity contribution in [3.05, 3.63) is 29.8 Å². The topological polar surface area (TPSA) is 53.3 Å². The second-order valence-corrected chi connectivity index (χ2v) is 5.97. The molecule has 2 rings (SSSR count). The van der Waals surface area contributed by atoms with Crippen LogP contribution in [-0.2, 0) is 9.53 Å². The highest BCUT2D eigenvalue weighted by atomic mass is 16.5. The Balaban J connectivity index is 1.96. The Kier molecular flexibility index (Phi) is 5.97. The molecule has 0 N–H and O–H groups in total. The highest BCUT2D eigenvalue weighted by molar-refractivity contribution is 5.93. The molecule has 0 bridgehead atoms. The summed E-state index contributed by atoms with van der Waals surface area (Å²) in [5.41, 5.74) is 2.02. The number of benzene rings is 1. The van der Waals surface area contributed by atoms with E-state index < -0.39 is 0 Å². The maximum Gasteiger partial charge on any atom is 0.227 e. The lowest BCUT2D eigenvalue weighted by molar-refractivity contribution is -0.119. The molecule has 0 saturated carbocycles. The number of ether oxygens (including phenoxy) is 1. The van der Waals surface area contributed by atoms with Gasteiger partial charge < -0.3 is 9.64 Å². The van der Waals surface area contributed by atoms with E-state index in [-0.39, 0.29) is 12.0 Å². The molecule has 1 aliphatic heterocycles. The Morgan fingerprint density at radius 2 is 2.09 bits per heavy atom. The molecule has 1 heterocycles. The van der Waals surface area contributed by atoms with Gasteiger partial charge in [0.2, 0.25) is 5.91 Å². The molecule has 0 aliphatic carbocycles. The summed E-state index contributed by atoms with van der Waals surface area (Å²) in [5.74, 6) is 0.0715. The zero-order valence-electron chi connectivity index (χ0n) is 13.4. The predicted molar refractivity (Wildman–Crippen MR) is 86.6 cm³/mol. The molecule has 4 nitrogen and oxygen atoms in total. The van der Waals surface area contributed by atoms with Crippen LogP contribution >= 0.6 is 0 Å². The molecular weight excluding hydrogens is 276 g/mol. The summed E-state index contributed by atoms with van der Waals surface area (Å²) >= 11 is 0. The fourth-order valence-corrected chi connectivity index (χ4v) is 2.80. The van der Waals surface area contributed by atoms with Gasteiger partial charge in [-0.05, 0) is 45.2 Å². The Labute approximate surface area is 132 Å². The minimum Gasteiger partial charge on any atom is -0.375 e. The van der Waals surface area contributed by atoms with Crippen LogP contribution in [0.1, 0.15) is 44.6 Å². The SMILES string of the molecule is Cc1ccc(N(CCC#N)C(=O)CC[C@H]2CC[C@H](C)O2)cc1. The second kappa shape index (κ2) is 7.95. The van der Waals surface area contributed by atoms with Crippen LogP contribution in [0.2, 0.25) is 0 Å². The van der Waals surface area contributed by atoms with Gasteiger partial charge in [0.25, 0.3) is 0 Å². The lowest BCUT2D eigenvalue weighted by Crippen LogP contribution is -2.32. The lowest BCUT2D eigenvalue weighted by Gasteiger charge is -2.23. The van der Waals surface area contributed by atoms with Crippen molar-refractivity contribution < 1.29 is 9.53 Å². The molecule has 22 heavy (non-hydrogen) atoms. The van der Waals surface area contributed by atoms with Crippen LogP contribution in [0.4, 0.5) is 5.69 Å². The summed E-state index contributed by atoms with van der Waals surface area (Å²) in [6.45, 7) is 4.54. The number of hydrogen-bond donors (Lipinski definition) is 0. The van der Waals surface area contributed by atoms with E-state index in [4.69, 9.17) is 10.00 Å². The number of anilines is 1. The van der Waals surface area contributed by atoms with Crippen molar-refractivity contribution in [1.29, 1.82) is 5.26 Å². The standard InChI is InChI=1S/C18H24N2O2/c1-14-4-7-16(8-5-14)20(13-3-12-19)18(21)11-10-17-9-6-15(2)22-17/h4-5,7-8,15,17H,3,6,9-11,13H2,1-2H3/t15-,17+/m0/s1. The smallest absolute Gasteiger partial charge is 0.227 e. The molecular formula is C18H24N2O2. The Bertz CT molecular complexity index is 533. The average Bonchev–Trinajstić information content (AvgIpc) is 2.93. The first kappa shape index (κ1) is 16.5. The number of nitriles is 1. The molecule has 1 fully saturated rings. The van der Waals surface area contributed by atoms with E-state index in [1.165, 1.54) is 0 Å². The number of aryl methyl sites for hydroxylation is 1. The van der Waals surface area contributed by atoms with E-state index in [9.17, 15) is 4.79 Å². The zero-order valence-corrected chi connectivity index (χ0v) is 13.4. The van der Waals surface area contributed by atoms with Gasteiger partial charge in [-0.2, -0.15) is 5.26 Å². The van der Waals surface area contributed by atoms with Crippen molar-refractivity contribution in [3.8, 4) is 6.07 Å². The van der Waals surface area contributed by atoms with Gasteiger partial charge in [-0.15, -0.1) is 0 Å². The molecule has 1 saturated heterocycles. The third kappa shape index (κ3) is 4.57. The summed E-state index contributed by atoms with van der Waals surface area (Å²) in [4.78, 5) is 14.3. The van der Waals surface area contributed by atoms with Crippen LogP contribution in [0.25, 0.3) is 0 Å². The Hall–Kier alpha value is -1.86. The van der Waals surface area contributed by atoms with Crippen LogP contribution in [0, 0.1) is 18.3 Å². The molecule has 1 aliphatic rings. The molecule has 0 spiro atoms. The first-order valence-electron chi connectivity index (χ1n) is 7.99. The van der Waals surface area contributed by atoms with Gasteiger partial charge in [0.1, 0.15) is 0 Å². The number of amides is 1. The first-order chi connectivity index (χ1) is 10.6. The van der Waals surface area contributed by atoms with Crippen LogP contribution in [0.5, 0.6) is 0 Å². The number of nitrogens with zero attached hydrogens (tertiary/aromatic N) is 2. The molecule has 118 valence electrons. The van der Waals surface area contributed by atoms with E-state index in [0.29, 0.717) is 25.5 Å². The van der Waals surface area contributed by atoms with Gasteiger partial charge in [0.05, 0.1) is 24.7 Å². The van der Waals surface area contributed by atoms with Gasteiger partial charge in [-0.1, -0.05) is 17.7 Å². The van der Waals surface area contributed by atoms with Crippen LogP contribution in [0.3, 0.4) is 0 Å². The monoisotopic (exact) mass is 300 g/mol. The fourth-order valence-electron chi connectivity index (χ4n) is 2.80. The van der Waals surface area contributed by atoms with E-state index in [0.717, 1.165) is 30.5 Å². The van der Waals surface area contributed by atoms with Gasteiger partial charge in [-0.3, -0.25) is 4.79 Å². The van der Waals surface area contributed by atoms with Crippen molar-refractivity contribution in [3.63, 3.8) is 0 Å². The minimum atomic E-state index is 0.0715. The summed E-state index contributed by atoms with van der Waals surface area (Å²) in [6, 6.07) is 9.98. The molecule has 1 aromatic carbocycles. The van der Waals surface area contributed by atoms with E-state index in [2.05, 4.69) is 13.0 Å². The minimum absolute atomic E-state index is 0.0715. The molecule has 1 amide bonds. The maximum atomic E-state index is 12.5. The van der Waals surface area contributed by atoms with Gasteiger partial charge in [-0.25, -0.2) is 0 Å². The summed E-state index contributed by atoms with van der Waals surface area (Å²) in [7, 11) is 0. The number of carbonyl (C=O) groups excluding carboxylic acids is 1. The molecule has 4 heteroatoms. The molecule has 2 atom stereocenters. The van der Waals surface area contributed by atoms with Crippen molar-refractivity contribution in [2.24, 2.45) is 0 Å². The Morgan fingerprint density at radius 1 is 1.36 bits per heavy atom. The zero-order chi connectivity index (χ0) is 15.9. The third-order valence-electron chi connectivity index (χ3n) is 4.09. The number of hydrogen-bond acceptors (Lipinski definition) is 3. The van der Waals surface area contributed by atoms with Crippen molar-refractivity contribution in [1.82, 2.24) is 0 Å². The number of rotatable bonds is 6. The van der Waals surface area contributed by atoms with Crippen molar-refractivity contribution in [2.75, 3.05) is 11.4 Å². The van der Waals surface area contributed by atoms with Crippen molar-refractivity contribution >= 4 is 11.6 Å².